The number of nitrogens with two attached hydrogens (primary N) is 1. The molecule has 0 bridgehead atoms. The van der Waals surface area contributed by atoms with Gasteiger partial charge in [0, 0.05) is 18.9 Å². The molecule has 3 N–H and O–H groups in total. The number of amides is 1. The highest BCUT2D eigenvalue weighted by Gasteiger charge is 2.45. The number of para-hydroxylation sites is 1. The van der Waals surface area contributed by atoms with E-state index in [1.807, 2.05) is 0 Å². The molecule has 1 unspecified atom stereocenters. The average Bonchev–Trinajstić information content (AvgIpc) is 3.07. The van der Waals surface area contributed by atoms with Gasteiger partial charge >= 0.3 is 0 Å². The molecule has 1 amide bonds. The van der Waals surface area contributed by atoms with Crippen LogP contribution in [0.3, 0.4) is 0 Å². The lowest BCUT2D eigenvalue weighted by Gasteiger charge is -2.17. The molecular weight excluding hydrogens is 292 g/mol. The van der Waals surface area contributed by atoms with E-state index in [2.05, 4.69) is 15.5 Å². The van der Waals surface area contributed by atoms with Crippen LogP contribution in [-0.2, 0) is 0 Å². The van der Waals surface area contributed by atoms with E-state index in [0.717, 1.165) is 0 Å². The molecule has 0 saturated heterocycles. The largest absolute Gasteiger partial charge is 0.347 e. The number of carbonyl (C=O) groups is 1. The Balaban J connectivity index is 1.82. The number of hydrogen-bond acceptors (Lipinski definition) is 4. The molecule has 3 rings (SSSR count). The molecule has 1 heterocycles. The van der Waals surface area contributed by atoms with E-state index >= 15 is 0 Å². The van der Waals surface area contributed by atoms with Crippen LogP contribution >= 0.6 is 0 Å². The number of alkyl halides is 2. The summed E-state index contributed by atoms with van der Waals surface area (Å²) in [7, 11) is 0. The van der Waals surface area contributed by atoms with Crippen LogP contribution in [0.25, 0.3) is 5.69 Å². The number of nitrogens with one attached hydrogen (secondary N) is 1. The van der Waals surface area contributed by atoms with Gasteiger partial charge in [0.05, 0.1) is 29.7 Å². The third-order valence-corrected chi connectivity index (χ3v) is 3.67. The minimum atomic E-state index is -2.83. The first-order valence-corrected chi connectivity index (χ1v) is 6.86. The number of halogens is 2. The maximum absolute atomic E-state index is 13.3. The smallest absolute Gasteiger partial charge is 0.253 e. The summed E-state index contributed by atoms with van der Waals surface area (Å²) >= 11 is 0. The Hall–Kier alpha value is -2.35. The summed E-state index contributed by atoms with van der Waals surface area (Å²) in [5.41, 5.74) is 6.47. The fourth-order valence-electron chi connectivity index (χ4n) is 2.63. The summed E-state index contributed by atoms with van der Waals surface area (Å²) < 4.78 is 26.7. The molecule has 0 radical (unpaired) electrons. The lowest BCUT2D eigenvalue weighted by molar-refractivity contribution is 0.00614. The molecule has 1 aliphatic rings. The summed E-state index contributed by atoms with van der Waals surface area (Å²) in [5, 5.41) is 10.6. The second-order valence-corrected chi connectivity index (χ2v) is 5.34. The number of hydrogen-bond donors (Lipinski definition) is 2. The van der Waals surface area contributed by atoms with E-state index in [1.165, 1.54) is 17.2 Å². The molecule has 1 aromatic carbocycles. The molecule has 2 aromatic rings. The van der Waals surface area contributed by atoms with Crippen molar-refractivity contribution in [2.24, 2.45) is 5.73 Å². The van der Waals surface area contributed by atoms with Gasteiger partial charge in [0.25, 0.3) is 11.8 Å². The van der Waals surface area contributed by atoms with Crippen LogP contribution in [0.15, 0.2) is 36.7 Å². The summed E-state index contributed by atoms with van der Waals surface area (Å²) in [6.45, 7) is 0. The van der Waals surface area contributed by atoms with Crippen LogP contribution in [0.5, 0.6) is 0 Å². The lowest BCUT2D eigenvalue weighted by Crippen LogP contribution is -2.44. The summed E-state index contributed by atoms with van der Waals surface area (Å²) in [6.07, 6.45) is 2.12. The van der Waals surface area contributed by atoms with Crippen molar-refractivity contribution < 1.29 is 13.6 Å². The first-order chi connectivity index (χ1) is 10.5. The van der Waals surface area contributed by atoms with Crippen molar-refractivity contribution in [3.8, 4) is 5.69 Å². The van der Waals surface area contributed by atoms with Gasteiger partial charge in [0.15, 0.2) is 0 Å². The third-order valence-electron chi connectivity index (χ3n) is 3.67. The number of aromatic nitrogens is 3. The van der Waals surface area contributed by atoms with Crippen molar-refractivity contribution in [3.05, 3.63) is 42.2 Å². The van der Waals surface area contributed by atoms with Crippen molar-refractivity contribution >= 4 is 5.91 Å². The van der Waals surface area contributed by atoms with E-state index in [0.29, 0.717) is 11.3 Å². The number of benzene rings is 1. The zero-order valence-corrected chi connectivity index (χ0v) is 11.6. The molecule has 0 spiro atoms. The Labute approximate surface area is 125 Å². The van der Waals surface area contributed by atoms with Crippen molar-refractivity contribution in [2.45, 2.75) is 30.8 Å². The number of rotatable bonds is 3. The Morgan fingerprint density at radius 3 is 2.59 bits per heavy atom. The highest BCUT2D eigenvalue weighted by Crippen LogP contribution is 2.34. The minimum absolute atomic E-state index is 0.307. The topological polar surface area (TPSA) is 85.8 Å². The molecule has 1 fully saturated rings. The highest BCUT2D eigenvalue weighted by atomic mass is 19.3. The molecule has 8 heteroatoms. The summed E-state index contributed by atoms with van der Waals surface area (Å²) in [6, 6.07) is 5.19. The Morgan fingerprint density at radius 1 is 1.27 bits per heavy atom. The van der Waals surface area contributed by atoms with Gasteiger partial charge in [-0.1, -0.05) is 12.1 Å². The van der Waals surface area contributed by atoms with Crippen LogP contribution in [0.2, 0.25) is 0 Å². The maximum atomic E-state index is 13.3. The van der Waals surface area contributed by atoms with Crippen LogP contribution < -0.4 is 11.1 Å². The standard InChI is InChI=1S/C14H15F2N5O/c15-14(16)7-10(17)11(8-14)20-13(22)9-3-1-2-4-12(9)21-18-5-6-19-21/h1-6,10-11H,7-8,17H2,(H,20,22)/t10-,11?/m0/s1. The molecular formula is C14H15F2N5O. The van der Waals surface area contributed by atoms with Crippen LogP contribution in [0, 0.1) is 0 Å². The van der Waals surface area contributed by atoms with Crippen molar-refractivity contribution in [2.75, 3.05) is 0 Å². The number of carbonyl (C=O) groups excluding carboxylic acids is 1. The third kappa shape index (κ3) is 2.82. The fourth-order valence-corrected chi connectivity index (χ4v) is 2.63. The molecule has 0 aliphatic heterocycles. The quantitative estimate of drug-likeness (QED) is 0.890. The van der Waals surface area contributed by atoms with Crippen molar-refractivity contribution in [1.82, 2.24) is 20.3 Å². The van der Waals surface area contributed by atoms with Gasteiger partial charge in [-0.05, 0) is 12.1 Å². The molecule has 6 nitrogen and oxygen atoms in total. The molecule has 2 atom stereocenters. The van der Waals surface area contributed by atoms with Gasteiger partial charge in [0.1, 0.15) is 0 Å². The van der Waals surface area contributed by atoms with Crippen LogP contribution in [0.1, 0.15) is 23.2 Å². The SMILES string of the molecule is N[C@H]1CC(F)(F)CC1NC(=O)c1ccccc1-n1nccn1. The van der Waals surface area contributed by atoms with E-state index in [-0.39, 0.29) is 0 Å². The van der Waals surface area contributed by atoms with Gasteiger partial charge in [-0.25, -0.2) is 8.78 Å². The van der Waals surface area contributed by atoms with Crippen LogP contribution in [-0.4, -0.2) is 38.9 Å². The first kappa shape index (κ1) is 14.6. The zero-order valence-electron chi connectivity index (χ0n) is 11.6. The summed E-state index contributed by atoms with van der Waals surface area (Å²) in [4.78, 5) is 13.7. The van der Waals surface area contributed by atoms with Gasteiger partial charge in [-0.3, -0.25) is 4.79 Å². The first-order valence-electron chi connectivity index (χ1n) is 6.86. The van der Waals surface area contributed by atoms with Gasteiger partial charge in [-0.15, -0.1) is 0 Å². The second kappa shape index (κ2) is 5.45. The molecule has 1 aromatic heterocycles. The monoisotopic (exact) mass is 307 g/mol. The average molecular weight is 307 g/mol. The number of nitrogens with zero attached hydrogens (tertiary/aromatic N) is 3. The minimum Gasteiger partial charge on any atom is -0.347 e. The normalized spacial score (nSPS) is 23.4. The van der Waals surface area contributed by atoms with Crippen LogP contribution in [0.4, 0.5) is 8.78 Å². The predicted molar refractivity (Wildman–Crippen MR) is 74.8 cm³/mol. The molecule has 1 saturated carbocycles. The fraction of sp³-hybridized carbons (Fsp3) is 0.357. The van der Waals surface area contributed by atoms with E-state index in [1.54, 1.807) is 24.3 Å². The molecule has 22 heavy (non-hydrogen) atoms. The molecule has 116 valence electrons. The van der Waals surface area contributed by atoms with E-state index in [9.17, 15) is 13.6 Å². The van der Waals surface area contributed by atoms with Gasteiger partial charge in [-0.2, -0.15) is 15.0 Å². The van der Waals surface area contributed by atoms with E-state index < -0.39 is 36.8 Å². The zero-order chi connectivity index (χ0) is 15.7. The Kier molecular flexibility index (Phi) is 3.61. The Morgan fingerprint density at radius 2 is 1.95 bits per heavy atom. The van der Waals surface area contributed by atoms with Crippen molar-refractivity contribution in [3.63, 3.8) is 0 Å². The molecule has 1 aliphatic carbocycles. The maximum Gasteiger partial charge on any atom is 0.253 e. The lowest BCUT2D eigenvalue weighted by atomic mass is 10.1. The van der Waals surface area contributed by atoms with Gasteiger partial charge in [0.2, 0.25) is 0 Å². The predicted octanol–water partition coefficient (Wildman–Crippen LogP) is 1.12. The van der Waals surface area contributed by atoms with Gasteiger partial charge < -0.3 is 11.1 Å². The highest BCUT2D eigenvalue weighted by molar-refractivity contribution is 5.97. The summed E-state index contributed by atoms with van der Waals surface area (Å²) in [5.74, 6) is -3.30. The Bertz CT molecular complexity index is 674. The van der Waals surface area contributed by atoms with Crippen molar-refractivity contribution in [1.29, 1.82) is 0 Å². The second-order valence-electron chi connectivity index (χ2n) is 5.34. The van der Waals surface area contributed by atoms with E-state index in [4.69, 9.17) is 5.73 Å².